The number of ether oxygens (including phenoxy) is 1. The van der Waals surface area contributed by atoms with Crippen LogP contribution in [-0.2, 0) is 21.0 Å². The molecule has 0 aliphatic heterocycles. The molecule has 2 rings (SSSR count). The summed E-state index contributed by atoms with van der Waals surface area (Å²) >= 11 is 0. The van der Waals surface area contributed by atoms with Crippen LogP contribution in [0.3, 0.4) is 0 Å². The van der Waals surface area contributed by atoms with Crippen molar-refractivity contribution in [3.05, 3.63) is 35.4 Å². The average molecular weight is 311 g/mol. The van der Waals surface area contributed by atoms with Crippen molar-refractivity contribution in [3.8, 4) is 0 Å². The molecular weight excluding hydrogens is 286 g/mol. The summed E-state index contributed by atoms with van der Waals surface area (Å²) in [6.45, 7) is 6.48. The predicted molar refractivity (Wildman–Crippen MR) is 85.2 cm³/mol. The van der Waals surface area contributed by atoms with Crippen LogP contribution in [0, 0.1) is 0 Å². The lowest BCUT2D eigenvalue weighted by Gasteiger charge is -2.12. The topological polar surface area (TPSA) is 69.4 Å². The first-order chi connectivity index (χ1) is 9.90. The van der Waals surface area contributed by atoms with Crippen molar-refractivity contribution in [1.82, 2.24) is 0 Å². The van der Waals surface area contributed by atoms with Gasteiger partial charge in [-0.15, -0.1) is 0 Å². The second-order valence-corrected chi connectivity index (χ2v) is 8.11. The van der Waals surface area contributed by atoms with Crippen molar-refractivity contribution >= 4 is 9.84 Å². The molecule has 0 aromatic heterocycles. The Kier molecular flexibility index (Phi) is 4.76. The minimum Gasteiger partial charge on any atom is -0.380 e. The smallest absolute Gasteiger partial charge is 0.155 e. The molecule has 118 valence electrons. The molecular formula is C16H25NO3S. The molecule has 1 aromatic carbocycles. The summed E-state index contributed by atoms with van der Waals surface area (Å²) < 4.78 is 30.1. The van der Waals surface area contributed by atoms with Gasteiger partial charge in [-0.1, -0.05) is 38.1 Å². The number of benzene rings is 1. The molecule has 1 saturated carbocycles. The molecule has 0 radical (unpaired) electrons. The van der Waals surface area contributed by atoms with Gasteiger partial charge in [0.25, 0.3) is 0 Å². The predicted octanol–water partition coefficient (Wildman–Crippen LogP) is 1.88. The summed E-state index contributed by atoms with van der Waals surface area (Å²) in [6, 6.07) is 8.10. The summed E-state index contributed by atoms with van der Waals surface area (Å²) in [6.07, 6.45) is 0.967. The molecule has 0 heterocycles. The third-order valence-corrected chi connectivity index (χ3v) is 6.68. The summed E-state index contributed by atoms with van der Waals surface area (Å²) in [5.41, 5.74) is 7.82. The summed E-state index contributed by atoms with van der Waals surface area (Å²) in [4.78, 5) is 0. The molecule has 0 spiro atoms. The van der Waals surface area contributed by atoms with Gasteiger partial charge in [0.1, 0.15) is 0 Å². The van der Waals surface area contributed by atoms with E-state index >= 15 is 0 Å². The molecule has 2 N–H and O–H groups in total. The number of hydrogen-bond donors (Lipinski definition) is 1. The first-order valence-corrected chi connectivity index (χ1v) is 9.29. The Morgan fingerprint density at radius 1 is 1.19 bits per heavy atom. The number of aryl methyl sites for hydroxylation is 1. The first-order valence-electron chi connectivity index (χ1n) is 7.57. The quantitative estimate of drug-likeness (QED) is 0.835. The van der Waals surface area contributed by atoms with E-state index < -0.39 is 20.6 Å². The molecule has 0 saturated heterocycles. The third kappa shape index (κ3) is 3.00. The summed E-state index contributed by atoms with van der Waals surface area (Å²) in [5, 5.41) is -0.533. The molecule has 21 heavy (non-hydrogen) atoms. The van der Waals surface area contributed by atoms with Gasteiger partial charge in [0.2, 0.25) is 0 Å². The fraction of sp³-hybridized carbons (Fsp3) is 0.625. The van der Waals surface area contributed by atoms with Gasteiger partial charge in [-0.3, -0.25) is 0 Å². The maximum absolute atomic E-state index is 12.3. The van der Waals surface area contributed by atoms with Crippen LogP contribution < -0.4 is 5.73 Å². The van der Waals surface area contributed by atoms with Gasteiger partial charge in [0.15, 0.2) is 9.84 Å². The van der Waals surface area contributed by atoms with Gasteiger partial charge in [-0.05, 0) is 24.5 Å². The lowest BCUT2D eigenvalue weighted by Crippen LogP contribution is -2.36. The highest BCUT2D eigenvalue weighted by Crippen LogP contribution is 2.54. The van der Waals surface area contributed by atoms with E-state index in [0.29, 0.717) is 6.61 Å². The van der Waals surface area contributed by atoms with Gasteiger partial charge in [-0.25, -0.2) is 8.42 Å². The molecule has 1 aliphatic rings. The van der Waals surface area contributed by atoms with E-state index in [9.17, 15) is 8.42 Å². The zero-order valence-corrected chi connectivity index (χ0v) is 13.8. The van der Waals surface area contributed by atoms with Crippen LogP contribution in [0.5, 0.6) is 0 Å². The van der Waals surface area contributed by atoms with E-state index in [1.54, 1.807) is 6.92 Å². The van der Waals surface area contributed by atoms with Gasteiger partial charge in [-0.2, -0.15) is 0 Å². The van der Waals surface area contributed by atoms with E-state index in [4.69, 9.17) is 10.5 Å². The van der Waals surface area contributed by atoms with Crippen molar-refractivity contribution in [2.45, 2.75) is 43.9 Å². The van der Waals surface area contributed by atoms with Gasteiger partial charge < -0.3 is 10.5 Å². The standard InChI is InChI=1S/C16H25NO3S/c1-4-12-7-9-13(10-8-12)14-15(21(18,19)6-3)16(14,17)11-20-5-2/h7-10,14-15H,4-6,11,17H2,1-3H3/t14-,15+,16-/m0/s1. The maximum atomic E-state index is 12.3. The Balaban J connectivity index is 2.30. The van der Waals surface area contributed by atoms with Crippen LogP contribution >= 0.6 is 0 Å². The molecule has 3 atom stereocenters. The zero-order valence-electron chi connectivity index (χ0n) is 13.0. The van der Waals surface area contributed by atoms with Crippen LogP contribution in [0.15, 0.2) is 24.3 Å². The van der Waals surface area contributed by atoms with E-state index in [0.717, 1.165) is 12.0 Å². The highest BCUT2D eigenvalue weighted by molar-refractivity contribution is 7.92. The van der Waals surface area contributed by atoms with E-state index in [1.165, 1.54) is 5.56 Å². The van der Waals surface area contributed by atoms with Crippen LogP contribution in [0.25, 0.3) is 0 Å². The maximum Gasteiger partial charge on any atom is 0.155 e. The largest absolute Gasteiger partial charge is 0.380 e. The zero-order chi connectivity index (χ0) is 15.7. The lowest BCUT2D eigenvalue weighted by atomic mass is 10.0. The van der Waals surface area contributed by atoms with Crippen molar-refractivity contribution in [2.75, 3.05) is 19.0 Å². The van der Waals surface area contributed by atoms with Crippen LogP contribution in [0.2, 0.25) is 0 Å². The number of rotatable bonds is 7. The minimum atomic E-state index is -3.18. The number of sulfone groups is 1. The summed E-state index contributed by atoms with van der Waals surface area (Å²) in [7, 11) is -3.18. The second kappa shape index (κ2) is 6.07. The van der Waals surface area contributed by atoms with Crippen molar-refractivity contribution in [2.24, 2.45) is 5.73 Å². The summed E-state index contributed by atoms with van der Waals surface area (Å²) in [5.74, 6) is -0.0494. The molecule has 1 aromatic rings. The van der Waals surface area contributed by atoms with E-state index in [-0.39, 0.29) is 18.3 Å². The monoisotopic (exact) mass is 311 g/mol. The molecule has 0 unspecified atom stereocenters. The van der Waals surface area contributed by atoms with Gasteiger partial charge in [0, 0.05) is 18.3 Å². The molecule has 1 fully saturated rings. The Hall–Kier alpha value is -0.910. The minimum absolute atomic E-state index is 0.117. The highest BCUT2D eigenvalue weighted by Gasteiger charge is 2.68. The number of hydrogen-bond acceptors (Lipinski definition) is 4. The molecule has 0 amide bonds. The van der Waals surface area contributed by atoms with Crippen molar-refractivity contribution < 1.29 is 13.2 Å². The van der Waals surface area contributed by atoms with E-state index in [1.807, 2.05) is 31.2 Å². The average Bonchev–Trinajstić information content (AvgIpc) is 3.12. The number of nitrogens with two attached hydrogens (primary N) is 1. The van der Waals surface area contributed by atoms with Crippen LogP contribution in [0.4, 0.5) is 0 Å². The van der Waals surface area contributed by atoms with Gasteiger partial charge in [0.05, 0.1) is 17.4 Å². The second-order valence-electron chi connectivity index (χ2n) is 5.69. The Morgan fingerprint density at radius 3 is 2.29 bits per heavy atom. The molecule has 4 nitrogen and oxygen atoms in total. The highest BCUT2D eigenvalue weighted by atomic mass is 32.2. The molecule has 5 heteroatoms. The fourth-order valence-corrected chi connectivity index (χ4v) is 5.03. The third-order valence-electron chi connectivity index (χ3n) is 4.39. The van der Waals surface area contributed by atoms with Crippen molar-refractivity contribution in [3.63, 3.8) is 0 Å². The lowest BCUT2D eigenvalue weighted by molar-refractivity contribution is 0.125. The van der Waals surface area contributed by atoms with E-state index in [2.05, 4.69) is 6.92 Å². The van der Waals surface area contributed by atoms with Crippen LogP contribution in [0.1, 0.15) is 37.8 Å². The van der Waals surface area contributed by atoms with Crippen molar-refractivity contribution in [1.29, 1.82) is 0 Å². The van der Waals surface area contributed by atoms with Gasteiger partial charge >= 0.3 is 0 Å². The first kappa shape index (κ1) is 16.5. The molecule has 0 bridgehead atoms. The normalized spacial score (nSPS) is 28.6. The fourth-order valence-electron chi connectivity index (χ4n) is 3.04. The molecule has 1 aliphatic carbocycles. The Bertz CT molecular complexity index is 582. The Labute approximate surface area is 127 Å². The SMILES string of the molecule is CCOC[C@@]1(N)[C@H](S(=O)(=O)CC)[C@@H]1c1ccc(CC)cc1. The Morgan fingerprint density at radius 2 is 1.81 bits per heavy atom. The van der Waals surface area contributed by atoms with Crippen LogP contribution in [-0.4, -0.2) is 38.2 Å².